The zero-order valence-corrected chi connectivity index (χ0v) is 5.93. The van der Waals surface area contributed by atoms with Gasteiger partial charge in [-0.05, 0) is 0 Å². The van der Waals surface area contributed by atoms with Crippen LogP contribution in [0.25, 0.3) is 0 Å². The van der Waals surface area contributed by atoms with Crippen molar-refractivity contribution in [1.29, 1.82) is 0 Å². The normalized spacial score (nSPS) is 9.20. The van der Waals surface area contributed by atoms with Crippen molar-refractivity contribution in [3.8, 4) is 0 Å². The Kier molecular flexibility index (Phi) is 2.22. The first kappa shape index (κ1) is 7.01. The number of carbonyl (C=O) groups excluding carboxylic acids is 1. The van der Waals surface area contributed by atoms with Crippen LogP contribution in [0.2, 0.25) is 0 Å². The van der Waals surface area contributed by atoms with E-state index in [1.54, 1.807) is 11.6 Å². The van der Waals surface area contributed by atoms with Gasteiger partial charge in [0.15, 0.2) is 0 Å². The van der Waals surface area contributed by atoms with Gasteiger partial charge >= 0.3 is 6.09 Å². The molecule has 0 saturated carbocycles. The van der Waals surface area contributed by atoms with Crippen LogP contribution >= 0.6 is 11.3 Å². The topological polar surface area (TPSA) is 65.2 Å². The Hall–Kier alpha value is -1.10. The van der Waals surface area contributed by atoms with E-state index in [0.717, 1.165) is 5.01 Å². The summed E-state index contributed by atoms with van der Waals surface area (Å²) in [5, 5.41) is 2.55. The Bertz CT molecular complexity index is 214. The number of aromatic nitrogens is 1. The summed E-state index contributed by atoms with van der Waals surface area (Å²) < 4.78 is 4.47. The lowest BCUT2D eigenvalue weighted by molar-refractivity contribution is 0.150. The lowest BCUT2D eigenvalue weighted by atomic mass is 10.7. The molecule has 4 nitrogen and oxygen atoms in total. The van der Waals surface area contributed by atoms with E-state index in [4.69, 9.17) is 5.73 Å². The van der Waals surface area contributed by atoms with Gasteiger partial charge < -0.3 is 10.5 Å². The van der Waals surface area contributed by atoms with Crippen LogP contribution in [-0.2, 0) is 11.3 Å². The molecule has 0 aliphatic heterocycles. The van der Waals surface area contributed by atoms with Gasteiger partial charge in [0.2, 0.25) is 0 Å². The van der Waals surface area contributed by atoms with E-state index in [0.29, 0.717) is 0 Å². The van der Waals surface area contributed by atoms with E-state index >= 15 is 0 Å². The first-order valence-corrected chi connectivity index (χ1v) is 3.47. The van der Waals surface area contributed by atoms with Crippen LogP contribution in [0.4, 0.5) is 4.79 Å². The highest BCUT2D eigenvalue weighted by Crippen LogP contribution is 2.04. The molecule has 1 aromatic heterocycles. The number of thiazole rings is 1. The molecule has 0 saturated heterocycles. The second-order valence-electron chi connectivity index (χ2n) is 1.53. The molecule has 1 heterocycles. The zero-order chi connectivity index (χ0) is 7.40. The third-order valence-corrected chi connectivity index (χ3v) is 1.57. The van der Waals surface area contributed by atoms with Gasteiger partial charge in [-0.3, -0.25) is 0 Å². The van der Waals surface area contributed by atoms with Crippen molar-refractivity contribution in [3.63, 3.8) is 0 Å². The van der Waals surface area contributed by atoms with Gasteiger partial charge in [0.05, 0.1) is 0 Å². The summed E-state index contributed by atoms with van der Waals surface area (Å²) in [4.78, 5) is 13.9. The number of nitrogens with zero attached hydrogens (tertiary/aromatic N) is 1. The molecule has 2 N–H and O–H groups in total. The fourth-order valence-electron chi connectivity index (χ4n) is 0.457. The van der Waals surface area contributed by atoms with Crippen LogP contribution in [0.15, 0.2) is 11.6 Å². The van der Waals surface area contributed by atoms with E-state index in [-0.39, 0.29) is 8.03 Å². The Morgan fingerprint density at radius 1 is 2.00 bits per heavy atom. The predicted octanol–water partition coefficient (Wildman–Crippen LogP) is 0.984. The van der Waals surface area contributed by atoms with Crippen molar-refractivity contribution < 1.29 is 11.0 Å². The first-order valence-electron chi connectivity index (χ1n) is 2.59. The van der Waals surface area contributed by atoms with Crippen LogP contribution in [0, 0.1) is 0 Å². The first-order chi connectivity index (χ1) is 4.79. The maximum Gasteiger partial charge on any atom is 0.404 e. The van der Waals surface area contributed by atoms with E-state index in [1.165, 1.54) is 11.3 Å². The van der Waals surface area contributed by atoms with Gasteiger partial charge in [0.25, 0.3) is 0 Å². The number of hydrogen-bond donors (Lipinski definition) is 1. The third kappa shape index (κ3) is 2.02. The number of nitrogens with two attached hydrogens (primary N) is 1. The summed E-state index contributed by atoms with van der Waals surface area (Å²) in [5.74, 6) is 0. The monoisotopic (exact) mass is 160 g/mol. The predicted molar refractivity (Wildman–Crippen MR) is 38.6 cm³/mol. The van der Waals surface area contributed by atoms with Crippen LogP contribution in [0.1, 0.15) is 6.43 Å². The number of primary amides is 1. The Labute approximate surface area is 63.1 Å². The van der Waals surface area contributed by atoms with Crippen molar-refractivity contribution in [2.24, 2.45) is 5.73 Å². The molecule has 0 bridgehead atoms. The van der Waals surface area contributed by atoms with Crippen LogP contribution in [0.3, 0.4) is 0 Å². The highest BCUT2D eigenvalue weighted by Gasteiger charge is 1.97. The van der Waals surface area contributed by atoms with Crippen LogP contribution in [-0.4, -0.2) is 11.1 Å². The molecular weight excluding hydrogens is 152 g/mol. The van der Waals surface area contributed by atoms with E-state index in [9.17, 15) is 4.79 Å². The van der Waals surface area contributed by atoms with Crippen LogP contribution < -0.4 is 5.73 Å². The van der Waals surface area contributed by atoms with Crippen molar-refractivity contribution in [2.75, 3.05) is 0 Å². The summed E-state index contributed by atoms with van der Waals surface area (Å²) in [5.41, 5.74) is 4.72. The molecule has 1 rings (SSSR count). The lowest BCUT2D eigenvalue weighted by Gasteiger charge is -1.94. The Balaban J connectivity index is 0.000001000. The lowest BCUT2D eigenvalue weighted by Crippen LogP contribution is -2.12. The average Bonchev–Trinajstić information content (AvgIpc) is 2.34. The summed E-state index contributed by atoms with van der Waals surface area (Å²) in [7, 11) is 0. The maximum atomic E-state index is 10.1. The number of hydrogen-bond acceptors (Lipinski definition) is 4. The molecular formula is C5H8N2O2S. The molecule has 1 amide bonds. The molecule has 0 atom stereocenters. The van der Waals surface area contributed by atoms with Gasteiger partial charge in [0, 0.05) is 13.0 Å². The summed E-state index contributed by atoms with van der Waals surface area (Å²) >= 11 is 1.42. The van der Waals surface area contributed by atoms with Crippen molar-refractivity contribution >= 4 is 17.4 Å². The molecule has 5 heteroatoms. The minimum absolute atomic E-state index is 0. The second kappa shape index (κ2) is 3.17. The quantitative estimate of drug-likeness (QED) is 0.701. The summed E-state index contributed by atoms with van der Waals surface area (Å²) in [6.07, 6.45) is 0.875. The molecule has 1 aromatic rings. The smallest absolute Gasteiger partial charge is 0.404 e. The number of rotatable bonds is 2. The van der Waals surface area contributed by atoms with Gasteiger partial charge in [-0.25, -0.2) is 9.78 Å². The van der Waals surface area contributed by atoms with Gasteiger partial charge in [-0.1, -0.05) is 0 Å². The van der Waals surface area contributed by atoms with E-state index in [2.05, 4.69) is 9.72 Å². The molecule has 0 fully saturated rings. The van der Waals surface area contributed by atoms with Gasteiger partial charge in [0.1, 0.15) is 11.6 Å². The number of amides is 1. The summed E-state index contributed by atoms with van der Waals surface area (Å²) in [6.45, 7) is 0.174. The Morgan fingerprint density at radius 3 is 3.30 bits per heavy atom. The average molecular weight is 160 g/mol. The number of carbonyl (C=O) groups is 1. The molecule has 10 heavy (non-hydrogen) atoms. The van der Waals surface area contributed by atoms with Crippen molar-refractivity contribution in [2.45, 2.75) is 6.61 Å². The van der Waals surface area contributed by atoms with Crippen molar-refractivity contribution in [3.05, 3.63) is 16.6 Å². The standard InChI is InChI=1S/C5H6N2O2S.H2/c6-5(8)9-3-4-7-1-2-10-4;/h1-2H,3H2,(H2,6,8);1H. The molecule has 0 spiro atoms. The van der Waals surface area contributed by atoms with Gasteiger partial charge in [-0.15, -0.1) is 11.3 Å². The SMILES string of the molecule is NC(=O)OCc1nccs1.[HH]. The second-order valence-corrected chi connectivity index (χ2v) is 2.51. The molecule has 0 radical (unpaired) electrons. The minimum atomic E-state index is -0.768. The molecule has 0 aliphatic rings. The third-order valence-electron chi connectivity index (χ3n) is 0.821. The summed E-state index contributed by atoms with van der Waals surface area (Å²) in [6, 6.07) is 0. The highest BCUT2D eigenvalue weighted by molar-refractivity contribution is 7.09. The Morgan fingerprint density at radius 2 is 2.80 bits per heavy atom. The van der Waals surface area contributed by atoms with Crippen LogP contribution in [0.5, 0.6) is 0 Å². The maximum absolute atomic E-state index is 10.1. The molecule has 56 valence electrons. The fraction of sp³-hybridized carbons (Fsp3) is 0.200. The zero-order valence-electron chi connectivity index (χ0n) is 5.11. The minimum Gasteiger partial charge on any atom is -0.442 e. The van der Waals surface area contributed by atoms with Crippen molar-refractivity contribution in [1.82, 2.24) is 4.98 Å². The molecule has 0 aromatic carbocycles. The van der Waals surface area contributed by atoms with E-state index < -0.39 is 6.09 Å². The largest absolute Gasteiger partial charge is 0.442 e. The highest BCUT2D eigenvalue weighted by atomic mass is 32.1. The number of ether oxygens (including phenoxy) is 1. The fourth-order valence-corrected chi connectivity index (χ4v) is 0.985. The van der Waals surface area contributed by atoms with E-state index in [1.807, 2.05) is 0 Å². The molecule has 0 aliphatic carbocycles. The molecule has 0 unspecified atom stereocenters. The van der Waals surface area contributed by atoms with Gasteiger partial charge in [-0.2, -0.15) is 0 Å².